The van der Waals surface area contributed by atoms with Crippen molar-refractivity contribution in [3.8, 4) is 0 Å². The van der Waals surface area contributed by atoms with E-state index >= 15 is 0 Å². The third-order valence-corrected chi connectivity index (χ3v) is 3.50. The second-order valence-corrected chi connectivity index (χ2v) is 4.79. The first-order valence-corrected chi connectivity index (χ1v) is 6.09. The Morgan fingerprint density at radius 3 is 2.10 bits per heavy atom. The molecule has 1 aromatic carbocycles. The molecule has 0 saturated heterocycles. The van der Waals surface area contributed by atoms with Crippen molar-refractivity contribution in [2.75, 3.05) is 7.11 Å². The number of alkyl halides is 6. The molecule has 0 fully saturated rings. The van der Waals surface area contributed by atoms with Crippen LogP contribution in [0.4, 0.5) is 26.3 Å². The Bertz CT molecular complexity index is 521. The highest BCUT2D eigenvalue weighted by Crippen LogP contribution is 2.41. The van der Waals surface area contributed by atoms with Gasteiger partial charge in [-0.1, -0.05) is 6.07 Å². The zero-order chi connectivity index (χ0) is 15.7. The number of benzene rings is 1. The number of carbonyl (C=O) groups excluding carboxylic acids is 1. The third-order valence-electron chi connectivity index (χ3n) is 2.38. The molecule has 0 unspecified atom stereocenters. The van der Waals surface area contributed by atoms with E-state index in [9.17, 15) is 31.1 Å². The molecule has 0 aliphatic heterocycles. The summed E-state index contributed by atoms with van der Waals surface area (Å²) in [5.41, 5.74) is -3.40. The average Bonchev–Trinajstić information content (AvgIpc) is 2.25. The molecule has 20 heavy (non-hydrogen) atoms. The lowest BCUT2D eigenvalue weighted by atomic mass is 10.0. The van der Waals surface area contributed by atoms with Crippen molar-refractivity contribution in [2.45, 2.75) is 18.8 Å². The maximum Gasteiger partial charge on any atom is 0.417 e. The minimum atomic E-state index is -5.00. The molecule has 1 aromatic rings. The van der Waals surface area contributed by atoms with E-state index in [1.807, 2.05) is 0 Å². The van der Waals surface area contributed by atoms with E-state index in [4.69, 9.17) is 0 Å². The summed E-state index contributed by atoms with van der Waals surface area (Å²) in [6, 6.07) is 1.17. The topological polar surface area (TPSA) is 26.3 Å². The van der Waals surface area contributed by atoms with Crippen LogP contribution in [0.3, 0.4) is 0 Å². The monoisotopic (exact) mass is 412 g/mol. The molecule has 9 heteroatoms. The number of rotatable bonds is 2. The standard InChI is InChI=1S/C11H7F6IO2/c1-20-7(19)4-5-2-3-6(10(12,13)14)9(18)8(5)11(15,16)17/h2-3H,4H2,1H3. The number of hydrogen-bond donors (Lipinski definition) is 0. The fourth-order valence-electron chi connectivity index (χ4n) is 1.52. The van der Waals surface area contributed by atoms with Gasteiger partial charge in [-0.3, -0.25) is 4.79 Å². The molecular weight excluding hydrogens is 405 g/mol. The SMILES string of the molecule is COC(=O)Cc1ccc(C(F)(F)F)c(I)c1C(F)(F)F. The number of halogens is 7. The number of esters is 1. The molecule has 0 N–H and O–H groups in total. The smallest absolute Gasteiger partial charge is 0.417 e. The van der Waals surface area contributed by atoms with Gasteiger partial charge in [-0.05, 0) is 34.2 Å². The van der Waals surface area contributed by atoms with Crippen LogP contribution in [-0.4, -0.2) is 13.1 Å². The van der Waals surface area contributed by atoms with Crippen molar-refractivity contribution in [3.05, 3.63) is 32.4 Å². The molecule has 0 spiro atoms. The molecule has 0 radical (unpaired) electrons. The van der Waals surface area contributed by atoms with Crippen molar-refractivity contribution in [2.24, 2.45) is 0 Å². The Morgan fingerprint density at radius 2 is 1.70 bits per heavy atom. The first kappa shape index (κ1) is 17.1. The van der Waals surface area contributed by atoms with Crippen molar-refractivity contribution >= 4 is 28.6 Å². The van der Waals surface area contributed by atoms with Gasteiger partial charge in [-0.2, -0.15) is 26.3 Å². The van der Waals surface area contributed by atoms with Gasteiger partial charge in [0.2, 0.25) is 0 Å². The van der Waals surface area contributed by atoms with Gasteiger partial charge in [0.15, 0.2) is 0 Å². The van der Waals surface area contributed by atoms with Gasteiger partial charge in [0.1, 0.15) is 0 Å². The molecule has 0 amide bonds. The van der Waals surface area contributed by atoms with Gasteiger partial charge in [-0.15, -0.1) is 0 Å². The lowest BCUT2D eigenvalue weighted by Crippen LogP contribution is -2.19. The van der Waals surface area contributed by atoms with E-state index in [2.05, 4.69) is 4.74 Å². The highest BCUT2D eigenvalue weighted by molar-refractivity contribution is 14.1. The third kappa shape index (κ3) is 3.76. The summed E-state index contributed by atoms with van der Waals surface area (Å²) in [6.45, 7) is 0. The van der Waals surface area contributed by atoms with Crippen LogP contribution in [0.2, 0.25) is 0 Å². The Balaban J connectivity index is 3.49. The maximum absolute atomic E-state index is 12.9. The van der Waals surface area contributed by atoms with Crippen LogP contribution in [-0.2, 0) is 28.3 Å². The summed E-state index contributed by atoms with van der Waals surface area (Å²) < 4.78 is 79.8. The molecular formula is C11H7F6IO2. The highest BCUT2D eigenvalue weighted by Gasteiger charge is 2.42. The summed E-state index contributed by atoms with van der Waals surface area (Å²) >= 11 is 0.984. The van der Waals surface area contributed by atoms with E-state index in [0.717, 1.165) is 29.7 Å². The van der Waals surface area contributed by atoms with Crippen molar-refractivity contribution in [1.82, 2.24) is 0 Å². The van der Waals surface area contributed by atoms with Crippen LogP contribution in [0.5, 0.6) is 0 Å². The summed E-state index contributed by atoms with van der Waals surface area (Å²) in [5, 5.41) is 0. The minimum Gasteiger partial charge on any atom is -0.469 e. The normalized spacial score (nSPS) is 12.4. The molecule has 0 heterocycles. The minimum absolute atomic E-state index is 0.523. The molecule has 0 aliphatic rings. The second kappa shape index (κ2) is 5.78. The molecule has 0 bridgehead atoms. The number of ether oxygens (including phenoxy) is 1. The summed E-state index contributed by atoms with van der Waals surface area (Å²) in [7, 11) is 0.977. The van der Waals surface area contributed by atoms with Crippen LogP contribution in [0.25, 0.3) is 0 Å². The Hall–Kier alpha value is -1.00. The first-order valence-electron chi connectivity index (χ1n) is 5.01. The maximum atomic E-state index is 12.9. The van der Waals surface area contributed by atoms with Gasteiger partial charge in [0.25, 0.3) is 0 Å². The quantitative estimate of drug-likeness (QED) is 0.417. The largest absolute Gasteiger partial charge is 0.469 e. The second-order valence-electron chi connectivity index (χ2n) is 3.71. The van der Waals surface area contributed by atoms with Crippen molar-refractivity contribution in [3.63, 3.8) is 0 Å². The fourth-order valence-corrected chi connectivity index (χ4v) is 2.65. The molecule has 0 saturated carbocycles. The lowest BCUT2D eigenvalue weighted by Gasteiger charge is -2.18. The van der Waals surface area contributed by atoms with E-state index < -0.39 is 45.0 Å². The van der Waals surface area contributed by atoms with Crippen molar-refractivity contribution in [1.29, 1.82) is 0 Å². The molecule has 0 aromatic heterocycles. The van der Waals surface area contributed by atoms with E-state index in [-0.39, 0.29) is 0 Å². The summed E-state index contributed by atoms with van der Waals surface area (Å²) in [6.07, 6.45) is -10.7. The predicted octanol–water partition coefficient (Wildman–Crippen LogP) is 4.04. The molecule has 0 aliphatic carbocycles. The Morgan fingerprint density at radius 1 is 1.15 bits per heavy atom. The van der Waals surface area contributed by atoms with Crippen LogP contribution < -0.4 is 0 Å². The summed E-state index contributed by atoms with van der Waals surface area (Å²) in [5.74, 6) is -0.967. The Labute approximate surface area is 123 Å². The van der Waals surface area contributed by atoms with E-state index in [0.29, 0.717) is 12.1 Å². The molecule has 112 valence electrons. The van der Waals surface area contributed by atoms with Gasteiger partial charge in [0.05, 0.1) is 24.7 Å². The van der Waals surface area contributed by atoms with Gasteiger partial charge in [0, 0.05) is 3.57 Å². The molecule has 2 nitrogen and oxygen atoms in total. The van der Waals surface area contributed by atoms with Crippen LogP contribution in [0.1, 0.15) is 16.7 Å². The lowest BCUT2D eigenvalue weighted by molar-refractivity contribution is -0.145. The summed E-state index contributed by atoms with van der Waals surface area (Å²) in [4.78, 5) is 11.0. The van der Waals surface area contributed by atoms with Gasteiger partial charge >= 0.3 is 18.3 Å². The predicted molar refractivity (Wildman–Crippen MR) is 64.9 cm³/mol. The number of hydrogen-bond acceptors (Lipinski definition) is 2. The molecule has 0 atom stereocenters. The van der Waals surface area contributed by atoms with Crippen LogP contribution in [0, 0.1) is 3.57 Å². The Kier molecular flexibility index (Phi) is 4.93. The average molecular weight is 412 g/mol. The number of methoxy groups -OCH3 is 1. The zero-order valence-corrected chi connectivity index (χ0v) is 12.0. The van der Waals surface area contributed by atoms with E-state index in [1.54, 1.807) is 0 Å². The number of carbonyl (C=O) groups is 1. The first-order chi connectivity index (χ1) is 8.98. The van der Waals surface area contributed by atoms with Crippen LogP contribution in [0.15, 0.2) is 12.1 Å². The zero-order valence-electron chi connectivity index (χ0n) is 9.82. The van der Waals surface area contributed by atoms with Gasteiger partial charge in [-0.25, -0.2) is 0 Å². The van der Waals surface area contributed by atoms with E-state index in [1.165, 1.54) is 0 Å². The van der Waals surface area contributed by atoms with Gasteiger partial charge < -0.3 is 4.74 Å². The fraction of sp³-hybridized carbons (Fsp3) is 0.364. The van der Waals surface area contributed by atoms with Crippen LogP contribution >= 0.6 is 22.6 Å². The highest BCUT2D eigenvalue weighted by atomic mass is 127. The molecule has 1 rings (SSSR count). The van der Waals surface area contributed by atoms with Crippen molar-refractivity contribution < 1.29 is 35.9 Å².